The molecule has 1 atom stereocenters. The van der Waals surface area contributed by atoms with E-state index in [2.05, 4.69) is 10.4 Å². The number of hydrogen-bond acceptors (Lipinski definition) is 6. The summed E-state index contributed by atoms with van der Waals surface area (Å²) in [5, 5.41) is 8.36. The highest BCUT2D eigenvalue weighted by molar-refractivity contribution is 8.00. The van der Waals surface area contributed by atoms with Crippen molar-refractivity contribution in [3.8, 4) is 0 Å². The molecule has 3 heterocycles. The Bertz CT molecular complexity index is 1220. The molecule has 1 fully saturated rings. The second-order valence-electron chi connectivity index (χ2n) is 8.39. The van der Waals surface area contributed by atoms with Crippen LogP contribution in [0.4, 0.5) is 5.69 Å². The Kier molecular flexibility index (Phi) is 6.00. The SMILES string of the molecule is Cc1nn(C)c(C)c1NC(=O)C(C)Sc1nc2sc(C)c(C)c2c(=O)n1C1CCCC1. The van der Waals surface area contributed by atoms with Crippen molar-refractivity contribution in [2.75, 3.05) is 5.32 Å². The highest BCUT2D eigenvalue weighted by atomic mass is 32.2. The first-order valence-electron chi connectivity index (χ1n) is 10.7. The van der Waals surface area contributed by atoms with E-state index in [0.717, 1.165) is 63.4 Å². The van der Waals surface area contributed by atoms with Crippen molar-refractivity contribution >= 4 is 44.9 Å². The number of nitrogens with one attached hydrogen (secondary N) is 1. The number of rotatable bonds is 5. The van der Waals surface area contributed by atoms with Gasteiger partial charge in [-0.25, -0.2) is 4.98 Å². The normalized spacial score (nSPS) is 15.7. The van der Waals surface area contributed by atoms with Gasteiger partial charge in [0.25, 0.3) is 5.56 Å². The number of amides is 1. The maximum atomic E-state index is 13.5. The van der Waals surface area contributed by atoms with E-state index < -0.39 is 5.25 Å². The molecular formula is C22H29N5O2S2. The van der Waals surface area contributed by atoms with E-state index in [-0.39, 0.29) is 17.5 Å². The minimum atomic E-state index is -0.404. The van der Waals surface area contributed by atoms with E-state index in [1.807, 2.05) is 46.2 Å². The lowest BCUT2D eigenvalue weighted by Crippen LogP contribution is -2.29. The third-order valence-corrected chi connectivity index (χ3v) is 8.47. The highest BCUT2D eigenvalue weighted by Gasteiger charge is 2.27. The molecule has 9 heteroatoms. The monoisotopic (exact) mass is 459 g/mol. The van der Waals surface area contributed by atoms with Gasteiger partial charge in [-0.1, -0.05) is 24.6 Å². The Balaban J connectivity index is 1.69. The van der Waals surface area contributed by atoms with Crippen LogP contribution in [-0.2, 0) is 11.8 Å². The van der Waals surface area contributed by atoms with Crippen LogP contribution in [0.5, 0.6) is 0 Å². The minimum Gasteiger partial charge on any atom is -0.322 e. The Hall–Kier alpha value is -2.13. The number of hydrogen-bond donors (Lipinski definition) is 1. The molecular weight excluding hydrogens is 430 g/mol. The fraction of sp³-hybridized carbons (Fsp3) is 0.545. The van der Waals surface area contributed by atoms with E-state index in [4.69, 9.17) is 4.98 Å². The van der Waals surface area contributed by atoms with Gasteiger partial charge in [0, 0.05) is 18.0 Å². The summed E-state index contributed by atoms with van der Waals surface area (Å²) in [5.41, 5.74) is 3.51. The van der Waals surface area contributed by atoms with Crippen molar-refractivity contribution < 1.29 is 4.79 Å². The average molecular weight is 460 g/mol. The quantitative estimate of drug-likeness (QED) is 0.443. The van der Waals surface area contributed by atoms with Gasteiger partial charge in [-0.15, -0.1) is 11.3 Å². The number of carbonyl (C=O) groups is 1. The molecule has 7 nitrogen and oxygen atoms in total. The Morgan fingerprint density at radius 2 is 1.90 bits per heavy atom. The highest BCUT2D eigenvalue weighted by Crippen LogP contribution is 2.35. The van der Waals surface area contributed by atoms with Crippen molar-refractivity contribution in [2.24, 2.45) is 7.05 Å². The molecule has 0 aromatic carbocycles. The molecule has 1 aliphatic rings. The Morgan fingerprint density at radius 1 is 1.23 bits per heavy atom. The molecule has 4 rings (SSSR count). The van der Waals surface area contributed by atoms with Crippen LogP contribution in [0.2, 0.25) is 0 Å². The smallest absolute Gasteiger partial charge is 0.263 e. The summed E-state index contributed by atoms with van der Waals surface area (Å²) in [6.07, 6.45) is 4.21. The molecule has 1 saturated carbocycles. The van der Waals surface area contributed by atoms with Crippen LogP contribution < -0.4 is 10.9 Å². The number of fused-ring (bicyclic) bond motifs is 1. The van der Waals surface area contributed by atoms with Crippen LogP contribution >= 0.6 is 23.1 Å². The standard InChI is InChI=1S/C22H29N5O2S2/c1-11-14(4)30-20-17(11)21(29)27(16-9-7-8-10-16)22(24-20)31-15(5)19(28)23-18-12(2)25-26(6)13(18)3/h15-16H,7-10H2,1-6H3,(H,23,28). The first-order valence-corrected chi connectivity index (χ1v) is 12.4. The van der Waals surface area contributed by atoms with Crippen LogP contribution in [0, 0.1) is 27.7 Å². The summed E-state index contributed by atoms with van der Waals surface area (Å²) in [6, 6.07) is 0.157. The first-order chi connectivity index (χ1) is 14.7. The topological polar surface area (TPSA) is 81.8 Å². The summed E-state index contributed by atoms with van der Waals surface area (Å²) < 4.78 is 3.63. The average Bonchev–Trinajstić information content (AvgIpc) is 3.39. The summed E-state index contributed by atoms with van der Waals surface area (Å²) in [5.74, 6) is -0.116. The maximum Gasteiger partial charge on any atom is 0.263 e. The van der Waals surface area contributed by atoms with Gasteiger partial charge >= 0.3 is 0 Å². The number of anilines is 1. The van der Waals surface area contributed by atoms with Crippen LogP contribution in [0.1, 0.15) is 60.5 Å². The second kappa shape index (κ2) is 8.43. The number of thioether (sulfide) groups is 1. The molecule has 1 aliphatic carbocycles. The van der Waals surface area contributed by atoms with Gasteiger partial charge in [0.15, 0.2) is 5.16 Å². The van der Waals surface area contributed by atoms with E-state index in [1.54, 1.807) is 16.0 Å². The van der Waals surface area contributed by atoms with Gasteiger partial charge in [0.05, 0.1) is 27.7 Å². The third kappa shape index (κ3) is 3.93. The zero-order valence-electron chi connectivity index (χ0n) is 18.9. The van der Waals surface area contributed by atoms with Gasteiger partial charge in [-0.2, -0.15) is 5.10 Å². The number of aryl methyl sites for hydroxylation is 4. The number of carbonyl (C=O) groups excluding carboxylic acids is 1. The van der Waals surface area contributed by atoms with Crippen molar-refractivity contribution in [3.63, 3.8) is 0 Å². The van der Waals surface area contributed by atoms with Crippen LogP contribution in [-0.4, -0.2) is 30.5 Å². The molecule has 1 N–H and O–H groups in total. The Labute approximate surface area is 190 Å². The molecule has 0 saturated heterocycles. The summed E-state index contributed by atoms with van der Waals surface area (Å²) >= 11 is 2.92. The van der Waals surface area contributed by atoms with E-state index in [1.165, 1.54) is 11.8 Å². The van der Waals surface area contributed by atoms with Crippen LogP contribution in [0.25, 0.3) is 10.2 Å². The zero-order valence-corrected chi connectivity index (χ0v) is 20.5. The van der Waals surface area contributed by atoms with E-state index in [0.29, 0.717) is 5.16 Å². The van der Waals surface area contributed by atoms with Crippen molar-refractivity contribution in [1.29, 1.82) is 0 Å². The van der Waals surface area contributed by atoms with Crippen LogP contribution in [0.15, 0.2) is 9.95 Å². The summed E-state index contributed by atoms with van der Waals surface area (Å²) in [7, 11) is 1.86. The third-order valence-electron chi connectivity index (χ3n) is 6.30. The molecule has 0 radical (unpaired) electrons. The van der Waals surface area contributed by atoms with Crippen LogP contribution in [0.3, 0.4) is 0 Å². The lowest BCUT2D eigenvalue weighted by atomic mass is 10.2. The molecule has 0 spiro atoms. The van der Waals surface area contributed by atoms with Gasteiger partial charge < -0.3 is 5.32 Å². The van der Waals surface area contributed by atoms with Crippen molar-refractivity contribution in [2.45, 2.75) is 76.8 Å². The van der Waals surface area contributed by atoms with Crippen molar-refractivity contribution in [1.82, 2.24) is 19.3 Å². The molecule has 0 aliphatic heterocycles. The van der Waals surface area contributed by atoms with Gasteiger partial charge in [-0.05, 0) is 53.0 Å². The number of aromatic nitrogens is 4. The molecule has 3 aromatic rings. The van der Waals surface area contributed by atoms with E-state index >= 15 is 0 Å². The Morgan fingerprint density at radius 3 is 2.52 bits per heavy atom. The molecule has 3 aromatic heterocycles. The zero-order chi connectivity index (χ0) is 22.4. The van der Waals surface area contributed by atoms with Gasteiger partial charge in [-0.3, -0.25) is 18.8 Å². The predicted octanol–water partition coefficient (Wildman–Crippen LogP) is 4.66. The fourth-order valence-electron chi connectivity index (χ4n) is 4.25. The summed E-state index contributed by atoms with van der Waals surface area (Å²) in [4.78, 5) is 33.3. The minimum absolute atomic E-state index is 0.0350. The number of thiophene rings is 1. The molecule has 31 heavy (non-hydrogen) atoms. The molecule has 1 unspecified atom stereocenters. The first kappa shape index (κ1) is 22.1. The predicted molar refractivity (Wildman–Crippen MR) is 127 cm³/mol. The lowest BCUT2D eigenvalue weighted by Gasteiger charge is -2.20. The van der Waals surface area contributed by atoms with E-state index in [9.17, 15) is 9.59 Å². The largest absolute Gasteiger partial charge is 0.322 e. The number of nitrogens with zero attached hydrogens (tertiary/aromatic N) is 4. The molecule has 166 valence electrons. The molecule has 0 bridgehead atoms. The summed E-state index contributed by atoms with van der Waals surface area (Å²) in [6.45, 7) is 9.71. The van der Waals surface area contributed by atoms with Gasteiger partial charge in [0.2, 0.25) is 5.91 Å². The van der Waals surface area contributed by atoms with Crippen molar-refractivity contribution in [3.05, 3.63) is 32.2 Å². The second-order valence-corrected chi connectivity index (χ2v) is 10.9. The van der Waals surface area contributed by atoms with Gasteiger partial charge in [0.1, 0.15) is 4.83 Å². The maximum absolute atomic E-state index is 13.5. The lowest BCUT2D eigenvalue weighted by molar-refractivity contribution is -0.115. The fourth-order valence-corrected chi connectivity index (χ4v) is 6.30. The molecule has 1 amide bonds.